The molecule has 0 aliphatic heterocycles. The smallest absolute Gasteiger partial charge is 0.338 e. The molecule has 0 aliphatic rings. The molecule has 0 bridgehead atoms. The maximum Gasteiger partial charge on any atom is 0.338 e. The molecule has 1 unspecified atom stereocenters. The van der Waals surface area contributed by atoms with E-state index >= 15 is 0 Å². The highest BCUT2D eigenvalue weighted by Crippen LogP contribution is 2.16. The van der Waals surface area contributed by atoms with E-state index in [1.807, 2.05) is 6.07 Å². The Morgan fingerprint density at radius 2 is 1.66 bits per heavy atom. The van der Waals surface area contributed by atoms with Gasteiger partial charge >= 0.3 is 5.97 Å². The van der Waals surface area contributed by atoms with Crippen LogP contribution in [0.25, 0.3) is 0 Å². The molecule has 1 amide bonds. The third-order valence-corrected chi connectivity index (χ3v) is 5.87. The fourth-order valence-corrected chi connectivity index (χ4v) is 3.79. The number of nitrogens with one attached hydrogen (secondary N) is 2. The van der Waals surface area contributed by atoms with Crippen molar-refractivity contribution in [3.63, 3.8) is 0 Å². The van der Waals surface area contributed by atoms with Crippen LogP contribution in [0.5, 0.6) is 0 Å². The Morgan fingerprint density at radius 1 is 0.969 bits per heavy atom. The molecule has 2 N–H and O–H groups in total. The van der Waals surface area contributed by atoms with Gasteiger partial charge in [-0.1, -0.05) is 48.5 Å². The molecule has 0 fully saturated rings. The maximum atomic E-state index is 13.7. The lowest BCUT2D eigenvalue weighted by Crippen LogP contribution is -2.30. The van der Waals surface area contributed by atoms with Gasteiger partial charge in [-0.3, -0.25) is 4.79 Å². The van der Waals surface area contributed by atoms with E-state index < -0.39 is 33.8 Å². The van der Waals surface area contributed by atoms with Crippen LogP contribution in [0.3, 0.4) is 0 Å². The molecule has 7 nitrogen and oxygen atoms in total. The highest BCUT2D eigenvalue weighted by Gasteiger charge is 2.22. The zero-order valence-corrected chi connectivity index (χ0v) is 17.9. The van der Waals surface area contributed by atoms with Crippen LogP contribution in [0.4, 0.5) is 10.1 Å². The van der Waals surface area contributed by atoms with Crippen molar-refractivity contribution in [2.75, 3.05) is 5.32 Å². The van der Waals surface area contributed by atoms with E-state index in [4.69, 9.17) is 4.74 Å². The third-order valence-electron chi connectivity index (χ3n) is 4.47. The van der Waals surface area contributed by atoms with E-state index in [0.29, 0.717) is 0 Å². The Bertz CT molecular complexity index is 1220. The minimum Gasteiger partial charge on any atom is -0.449 e. The van der Waals surface area contributed by atoms with Gasteiger partial charge in [-0.15, -0.1) is 0 Å². The molecule has 3 rings (SSSR count). The molecule has 0 heterocycles. The van der Waals surface area contributed by atoms with Gasteiger partial charge in [-0.05, 0) is 42.8 Å². The van der Waals surface area contributed by atoms with Crippen molar-refractivity contribution in [2.45, 2.75) is 24.5 Å². The molecule has 3 aromatic carbocycles. The van der Waals surface area contributed by atoms with E-state index in [2.05, 4.69) is 10.0 Å². The largest absolute Gasteiger partial charge is 0.449 e. The Labute approximate surface area is 185 Å². The molecule has 0 aromatic heterocycles. The highest BCUT2D eigenvalue weighted by molar-refractivity contribution is 7.89. The summed E-state index contributed by atoms with van der Waals surface area (Å²) < 4.78 is 46.4. The van der Waals surface area contributed by atoms with Gasteiger partial charge in [0.05, 0.1) is 16.1 Å². The number of ether oxygens (including phenoxy) is 1. The third kappa shape index (κ3) is 5.99. The first-order valence-corrected chi connectivity index (χ1v) is 11.1. The van der Waals surface area contributed by atoms with Crippen molar-refractivity contribution in [1.82, 2.24) is 4.72 Å². The second kappa shape index (κ2) is 10.2. The molecule has 0 spiro atoms. The van der Waals surface area contributed by atoms with E-state index in [0.717, 1.165) is 11.6 Å². The summed E-state index contributed by atoms with van der Waals surface area (Å²) in [7, 11) is -3.88. The van der Waals surface area contributed by atoms with Crippen LogP contribution in [0.15, 0.2) is 83.8 Å². The van der Waals surface area contributed by atoms with Gasteiger partial charge in [0, 0.05) is 6.54 Å². The summed E-state index contributed by atoms with van der Waals surface area (Å²) in [6.45, 7) is 1.42. The summed E-state index contributed by atoms with van der Waals surface area (Å²) >= 11 is 0. The molecule has 0 saturated carbocycles. The molecule has 166 valence electrons. The summed E-state index contributed by atoms with van der Waals surface area (Å²) in [4.78, 5) is 24.5. The Kier molecular flexibility index (Phi) is 7.34. The fourth-order valence-electron chi connectivity index (χ4n) is 2.73. The van der Waals surface area contributed by atoms with Crippen LogP contribution in [0, 0.1) is 5.82 Å². The topological polar surface area (TPSA) is 102 Å². The first-order valence-electron chi connectivity index (χ1n) is 9.66. The number of carbonyl (C=O) groups is 2. The lowest BCUT2D eigenvalue weighted by atomic mass is 10.2. The monoisotopic (exact) mass is 456 g/mol. The number of hydrogen-bond donors (Lipinski definition) is 2. The number of anilines is 1. The van der Waals surface area contributed by atoms with E-state index in [1.54, 1.807) is 30.3 Å². The van der Waals surface area contributed by atoms with Crippen LogP contribution in [-0.4, -0.2) is 26.4 Å². The van der Waals surface area contributed by atoms with Gasteiger partial charge in [-0.25, -0.2) is 22.3 Å². The number of rotatable bonds is 8. The van der Waals surface area contributed by atoms with Crippen LogP contribution < -0.4 is 10.0 Å². The van der Waals surface area contributed by atoms with Crippen molar-refractivity contribution in [3.8, 4) is 0 Å². The summed E-state index contributed by atoms with van der Waals surface area (Å²) in [5, 5.41) is 2.34. The number of benzene rings is 3. The van der Waals surface area contributed by atoms with E-state index in [-0.39, 0.29) is 22.7 Å². The number of hydrogen-bond acceptors (Lipinski definition) is 5. The molecule has 0 radical (unpaired) electrons. The summed E-state index contributed by atoms with van der Waals surface area (Å²) in [5.74, 6) is -2.24. The second-order valence-corrected chi connectivity index (χ2v) is 8.62. The van der Waals surface area contributed by atoms with Crippen LogP contribution in [-0.2, 0) is 26.1 Å². The van der Waals surface area contributed by atoms with E-state index in [1.165, 1.54) is 43.3 Å². The lowest BCUT2D eigenvalue weighted by molar-refractivity contribution is -0.123. The number of halogens is 1. The van der Waals surface area contributed by atoms with Crippen LogP contribution >= 0.6 is 0 Å². The van der Waals surface area contributed by atoms with Gasteiger partial charge in [0.2, 0.25) is 10.0 Å². The molecule has 1 atom stereocenters. The number of sulfonamides is 1. The van der Waals surface area contributed by atoms with Crippen molar-refractivity contribution in [1.29, 1.82) is 0 Å². The molecule has 0 aliphatic carbocycles. The van der Waals surface area contributed by atoms with Gasteiger partial charge < -0.3 is 10.1 Å². The standard InChI is InChI=1S/C23H21FN2O5S/c1-16(22(27)26-21-13-6-5-12-20(21)24)31-23(28)18-10-7-11-19(14-18)32(29,30)25-15-17-8-3-2-4-9-17/h2-14,16,25H,15H2,1H3,(H,26,27). The minimum atomic E-state index is -3.88. The van der Waals surface area contributed by atoms with Gasteiger partial charge in [0.15, 0.2) is 6.10 Å². The predicted octanol–water partition coefficient (Wildman–Crippen LogP) is 3.49. The molecule has 0 saturated heterocycles. The predicted molar refractivity (Wildman–Crippen MR) is 117 cm³/mol. The van der Waals surface area contributed by atoms with Crippen molar-refractivity contribution in [3.05, 3.63) is 95.8 Å². The summed E-state index contributed by atoms with van der Waals surface area (Å²) in [6, 6.07) is 19.8. The quantitative estimate of drug-likeness (QED) is 0.506. The molecular weight excluding hydrogens is 435 g/mol. The van der Waals surface area contributed by atoms with Crippen LogP contribution in [0.2, 0.25) is 0 Å². The van der Waals surface area contributed by atoms with Crippen molar-refractivity contribution in [2.24, 2.45) is 0 Å². The average Bonchev–Trinajstić information content (AvgIpc) is 2.80. The zero-order valence-electron chi connectivity index (χ0n) is 17.1. The molecule has 3 aromatic rings. The van der Waals surface area contributed by atoms with Gasteiger partial charge in [0.25, 0.3) is 5.91 Å². The Balaban J connectivity index is 1.65. The second-order valence-electron chi connectivity index (χ2n) is 6.85. The lowest BCUT2D eigenvalue weighted by Gasteiger charge is -2.14. The highest BCUT2D eigenvalue weighted by atomic mass is 32.2. The molecular formula is C23H21FN2O5S. The number of carbonyl (C=O) groups excluding carboxylic acids is 2. The van der Waals surface area contributed by atoms with Crippen LogP contribution in [0.1, 0.15) is 22.8 Å². The Morgan fingerprint density at radius 3 is 2.38 bits per heavy atom. The van der Waals surface area contributed by atoms with Gasteiger partial charge in [-0.2, -0.15) is 0 Å². The number of amides is 1. The SMILES string of the molecule is CC(OC(=O)c1cccc(S(=O)(=O)NCc2ccccc2)c1)C(=O)Nc1ccccc1F. The average molecular weight is 456 g/mol. The first kappa shape index (κ1) is 23.1. The van der Waals surface area contributed by atoms with Crippen molar-refractivity contribution >= 4 is 27.6 Å². The summed E-state index contributed by atoms with van der Waals surface area (Å²) in [6.07, 6.45) is -1.24. The Hall–Kier alpha value is -3.56. The van der Waals surface area contributed by atoms with Crippen molar-refractivity contribution < 1.29 is 27.1 Å². The maximum absolute atomic E-state index is 13.7. The molecule has 32 heavy (non-hydrogen) atoms. The number of esters is 1. The molecule has 9 heteroatoms. The van der Waals surface area contributed by atoms with Gasteiger partial charge in [0.1, 0.15) is 5.82 Å². The van der Waals surface area contributed by atoms with E-state index in [9.17, 15) is 22.4 Å². The normalized spacial score (nSPS) is 12.1. The first-order chi connectivity index (χ1) is 15.3. The number of para-hydroxylation sites is 1. The summed E-state index contributed by atoms with van der Waals surface area (Å²) in [5.41, 5.74) is 0.692. The fraction of sp³-hybridized carbons (Fsp3) is 0.130. The zero-order chi connectivity index (χ0) is 23.1. The minimum absolute atomic E-state index is 0.0434.